The molecule has 0 aromatic carbocycles. The van der Waals surface area contributed by atoms with E-state index in [0.717, 1.165) is 11.8 Å². The smallest absolute Gasteiger partial charge is 0.00226 e. The fourth-order valence-corrected chi connectivity index (χ4v) is 2.09. The molecule has 2 aliphatic rings. The zero-order valence-electron chi connectivity index (χ0n) is 10.9. The average molecular weight is 200 g/mol. The van der Waals surface area contributed by atoms with Crippen LogP contribution in [0, 0.1) is 11.8 Å². The molecule has 2 aliphatic heterocycles. The Balaban J connectivity index is 0.000000379. The standard InChI is InChI=1S/C8H16N2.2C2H6/c1-9-3-7(4-9)8-5-10(2)6-8;2*1-2/h7-8H,3-6H2,1-2H3;2*1-2H3. The molecule has 0 N–H and O–H groups in total. The second kappa shape index (κ2) is 7.24. The maximum absolute atomic E-state index is 2.41. The van der Waals surface area contributed by atoms with Gasteiger partial charge in [0, 0.05) is 26.2 Å². The van der Waals surface area contributed by atoms with Gasteiger partial charge in [0.2, 0.25) is 0 Å². The van der Waals surface area contributed by atoms with Crippen LogP contribution in [0.15, 0.2) is 0 Å². The largest absolute Gasteiger partial charge is 0.306 e. The monoisotopic (exact) mass is 200 g/mol. The molecule has 2 heteroatoms. The first-order chi connectivity index (χ1) is 6.75. The summed E-state index contributed by atoms with van der Waals surface area (Å²) in [5.41, 5.74) is 0. The summed E-state index contributed by atoms with van der Waals surface area (Å²) in [5.74, 6) is 2.06. The molecule has 0 spiro atoms. The van der Waals surface area contributed by atoms with E-state index in [9.17, 15) is 0 Å². The fourth-order valence-electron chi connectivity index (χ4n) is 2.09. The molecule has 86 valence electrons. The molecule has 0 atom stereocenters. The van der Waals surface area contributed by atoms with Crippen LogP contribution in [-0.4, -0.2) is 50.1 Å². The average Bonchev–Trinajstić information content (AvgIpc) is 2.15. The highest BCUT2D eigenvalue weighted by atomic mass is 15.2. The van der Waals surface area contributed by atoms with Gasteiger partial charge in [0.1, 0.15) is 0 Å². The Bertz CT molecular complexity index is 108. The number of likely N-dealkylation sites (tertiary alicyclic amines) is 2. The molecule has 0 aromatic heterocycles. The van der Waals surface area contributed by atoms with Crippen molar-refractivity contribution in [2.45, 2.75) is 27.7 Å². The first-order valence-corrected chi connectivity index (χ1v) is 6.13. The van der Waals surface area contributed by atoms with E-state index in [1.807, 2.05) is 27.7 Å². The lowest BCUT2D eigenvalue weighted by molar-refractivity contribution is 0.00206. The Labute approximate surface area is 90.3 Å². The molecular weight excluding hydrogens is 172 g/mol. The molecule has 0 bridgehead atoms. The Morgan fingerprint density at radius 3 is 1.00 bits per heavy atom. The van der Waals surface area contributed by atoms with Gasteiger partial charge in [-0.3, -0.25) is 0 Å². The Kier molecular flexibility index (Phi) is 7.20. The minimum atomic E-state index is 1.03. The van der Waals surface area contributed by atoms with Crippen LogP contribution in [0.5, 0.6) is 0 Å². The quantitative estimate of drug-likeness (QED) is 0.640. The second-order valence-corrected chi connectivity index (χ2v) is 3.96. The maximum atomic E-state index is 2.41. The van der Waals surface area contributed by atoms with Crippen LogP contribution in [0.4, 0.5) is 0 Å². The van der Waals surface area contributed by atoms with Crippen molar-refractivity contribution in [1.82, 2.24) is 9.80 Å². The molecule has 14 heavy (non-hydrogen) atoms. The molecule has 0 saturated carbocycles. The van der Waals surface area contributed by atoms with Gasteiger partial charge in [0.25, 0.3) is 0 Å². The van der Waals surface area contributed by atoms with E-state index in [0.29, 0.717) is 0 Å². The van der Waals surface area contributed by atoms with Crippen molar-refractivity contribution < 1.29 is 0 Å². The molecule has 2 heterocycles. The van der Waals surface area contributed by atoms with Crippen molar-refractivity contribution in [3.05, 3.63) is 0 Å². The third kappa shape index (κ3) is 3.58. The highest BCUT2D eigenvalue weighted by Crippen LogP contribution is 2.28. The van der Waals surface area contributed by atoms with E-state index < -0.39 is 0 Å². The predicted octanol–water partition coefficient (Wildman–Crippen LogP) is 2.16. The van der Waals surface area contributed by atoms with E-state index in [4.69, 9.17) is 0 Å². The zero-order chi connectivity index (χ0) is 11.1. The Morgan fingerprint density at radius 2 is 0.857 bits per heavy atom. The highest BCUT2D eigenvalue weighted by molar-refractivity contribution is 4.90. The van der Waals surface area contributed by atoms with E-state index >= 15 is 0 Å². The van der Waals surface area contributed by atoms with E-state index in [2.05, 4.69) is 23.9 Å². The van der Waals surface area contributed by atoms with Gasteiger partial charge in [-0.2, -0.15) is 0 Å². The summed E-state index contributed by atoms with van der Waals surface area (Å²) in [6.07, 6.45) is 0. The van der Waals surface area contributed by atoms with Crippen LogP contribution >= 0.6 is 0 Å². The summed E-state index contributed by atoms with van der Waals surface area (Å²) in [4.78, 5) is 4.81. The van der Waals surface area contributed by atoms with Gasteiger partial charge >= 0.3 is 0 Å². The third-order valence-electron chi connectivity index (χ3n) is 2.85. The van der Waals surface area contributed by atoms with E-state index in [-0.39, 0.29) is 0 Å². The molecule has 2 nitrogen and oxygen atoms in total. The molecule has 0 unspecified atom stereocenters. The summed E-state index contributed by atoms with van der Waals surface area (Å²) in [6.45, 7) is 13.4. The van der Waals surface area contributed by atoms with Gasteiger partial charge in [-0.15, -0.1) is 0 Å². The number of hydrogen-bond acceptors (Lipinski definition) is 2. The summed E-state index contributed by atoms with van der Waals surface area (Å²) in [6, 6.07) is 0. The summed E-state index contributed by atoms with van der Waals surface area (Å²) >= 11 is 0. The second-order valence-electron chi connectivity index (χ2n) is 3.96. The van der Waals surface area contributed by atoms with Crippen LogP contribution in [0.1, 0.15) is 27.7 Å². The maximum Gasteiger partial charge on any atom is 0.00226 e. The molecule has 2 rings (SSSR count). The molecule has 0 amide bonds. The van der Waals surface area contributed by atoms with Crippen LogP contribution in [-0.2, 0) is 0 Å². The van der Waals surface area contributed by atoms with Crippen LogP contribution < -0.4 is 0 Å². The third-order valence-corrected chi connectivity index (χ3v) is 2.85. The van der Waals surface area contributed by atoms with Gasteiger partial charge < -0.3 is 9.80 Å². The fraction of sp³-hybridized carbons (Fsp3) is 1.00. The molecular formula is C12H28N2. The zero-order valence-corrected chi connectivity index (χ0v) is 10.9. The van der Waals surface area contributed by atoms with Crippen LogP contribution in [0.25, 0.3) is 0 Å². The van der Waals surface area contributed by atoms with Gasteiger partial charge in [-0.1, -0.05) is 27.7 Å². The summed E-state index contributed by atoms with van der Waals surface area (Å²) in [5, 5.41) is 0. The number of rotatable bonds is 1. The van der Waals surface area contributed by atoms with Gasteiger partial charge in [0.05, 0.1) is 0 Å². The van der Waals surface area contributed by atoms with Crippen molar-refractivity contribution in [2.75, 3.05) is 40.3 Å². The first kappa shape index (κ1) is 13.9. The van der Waals surface area contributed by atoms with Crippen molar-refractivity contribution in [3.8, 4) is 0 Å². The van der Waals surface area contributed by atoms with Crippen molar-refractivity contribution >= 4 is 0 Å². The van der Waals surface area contributed by atoms with Gasteiger partial charge in [0.15, 0.2) is 0 Å². The normalized spacial score (nSPS) is 23.6. The Morgan fingerprint density at radius 1 is 0.643 bits per heavy atom. The topological polar surface area (TPSA) is 6.48 Å². The Hall–Kier alpha value is -0.0800. The van der Waals surface area contributed by atoms with E-state index in [1.165, 1.54) is 26.2 Å². The lowest BCUT2D eigenvalue weighted by Crippen LogP contribution is -2.57. The van der Waals surface area contributed by atoms with Crippen LogP contribution in [0.3, 0.4) is 0 Å². The van der Waals surface area contributed by atoms with Crippen molar-refractivity contribution in [3.63, 3.8) is 0 Å². The highest BCUT2D eigenvalue weighted by Gasteiger charge is 2.36. The molecule has 2 fully saturated rings. The first-order valence-electron chi connectivity index (χ1n) is 6.13. The number of hydrogen-bond donors (Lipinski definition) is 0. The lowest BCUT2D eigenvalue weighted by Gasteiger charge is -2.48. The van der Waals surface area contributed by atoms with E-state index in [1.54, 1.807) is 0 Å². The lowest BCUT2D eigenvalue weighted by atomic mass is 9.81. The van der Waals surface area contributed by atoms with Crippen molar-refractivity contribution in [1.29, 1.82) is 0 Å². The number of nitrogens with zero attached hydrogens (tertiary/aromatic N) is 2. The minimum Gasteiger partial charge on any atom is -0.306 e. The van der Waals surface area contributed by atoms with Gasteiger partial charge in [-0.05, 0) is 25.9 Å². The predicted molar refractivity (Wildman–Crippen MR) is 64.7 cm³/mol. The van der Waals surface area contributed by atoms with Crippen molar-refractivity contribution in [2.24, 2.45) is 11.8 Å². The summed E-state index contributed by atoms with van der Waals surface area (Å²) in [7, 11) is 4.41. The molecule has 0 aliphatic carbocycles. The minimum absolute atomic E-state index is 1.03. The SMILES string of the molecule is CC.CC.CN1CC(C2CN(C)C2)C1. The molecule has 2 saturated heterocycles. The summed E-state index contributed by atoms with van der Waals surface area (Å²) < 4.78 is 0. The molecule has 0 aromatic rings. The van der Waals surface area contributed by atoms with Crippen LogP contribution in [0.2, 0.25) is 0 Å². The molecule has 0 radical (unpaired) electrons. The van der Waals surface area contributed by atoms with Gasteiger partial charge in [-0.25, -0.2) is 0 Å².